The average molecular weight is 341 g/mol. The number of nitrogens with zero attached hydrogens (tertiary/aromatic N) is 1. The first kappa shape index (κ1) is 17.1. The second kappa shape index (κ2) is 7.05. The Balaban J connectivity index is 1.71. The molecule has 2 aromatic carbocycles. The summed E-state index contributed by atoms with van der Waals surface area (Å²) in [4.78, 5) is 14.5. The molecule has 0 saturated heterocycles. The predicted octanol–water partition coefficient (Wildman–Crippen LogP) is 3.48. The van der Waals surface area contributed by atoms with E-state index in [0.717, 1.165) is 17.9 Å². The van der Waals surface area contributed by atoms with Gasteiger partial charge in [0.05, 0.1) is 21.3 Å². The molecule has 0 aliphatic heterocycles. The first-order chi connectivity index (χ1) is 12.1. The average Bonchev–Trinajstić information content (AvgIpc) is 3.47. The van der Waals surface area contributed by atoms with Gasteiger partial charge in [0.2, 0.25) is 5.91 Å². The minimum atomic E-state index is 0.0199. The molecule has 1 saturated carbocycles. The summed E-state index contributed by atoms with van der Waals surface area (Å²) in [5.41, 5.74) is 1.97. The fourth-order valence-corrected chi connectivity index (χ4v) is 3.10. The first-order valence-electron chi connectivity index (χ1n) is 8.22. The largest absolute Gasteiger partial charge is 0.497 e. The molecule has 1 aliphatic rings. The summed E-state index contributed by atoms with van der Waals surface area (Å²) in [5.74, 6) is 2.51. The summed E-state index contributed by atoms with van der Waals surface area (Å²) in [6.45, 7) is 0. The second-order valence-electron chi connectivity index (χ2n) is 6.16. The van der Waals surface area contributed by atoms with Gasteiger partial charge in [-0.25, -0.2) is 0 Å². The Kier molecular flexibility index (Phi) is 4.83. The number of carbonyl (C=O) groups excluding carboxylic acids is 1. The highest BCUT2D eigenvalue weighted by Crippen LogP contribution is 2.49. The van der Waals surface area contributed by atoms with Gasteiger partial charge in [0.1, 0.15) is 5.75 Å². The molecular weight excluding hydrogens is 318 g/mol. The van der Waals surface area contributed by atoms with Crippen molar-refractivity contribution in [2.75, 3.05) is 33.3 Å². The van der Waals surface area contributed by atoms with Crippen molar-refractivity contribution in [3.63, 3.8) is 0 Å². The molecule has 1 fully saturated rings. The van der Waals surface area contributed by atoms with E-state index < -0.39 is 0 Å². The van der Waals surface area contributed by atoms with Crippen LogP contribution >= 0.6 is 0 Å². The van der Waals surface area contributed by atoms with Crippen LogP contribution in [0.25, 0.3) is 0 Å². The number of benzene rings is 2. The van der Waals surface area contributed by atoms with Crippen molar-refractivity contribution >= 4 is 11.6 Å². The summed E-state index contributed by atoms with van der Waals surface area (Å²) < 4.78 is 15.7. The van der Waals surface area contributed by atoms with E-state index in [0.29, 0.717) is 11.5 Å². The van der Waals surface area contributed by atoms with Crippen molar-refractivity contribution in [1.29, 1.82) is 0 Å². The highest BCUT2D eigenvalue weighted by Gasteiger charge is 2.45. The zero-order chi connectivity index (χ0) is 18.0. The molecule has 2 aromatic rings. The monoisotopic (exact) mass is 341 g/mol. The van der Waals surface area contributed by atoms with E-state index in [1.807, 2.05) is 42.5 Å². The highest BCUT2D eigenvalue weighted by atomic mass is 16.5. The van der Waals surface area contributed by atoms with E-state index in [1.165, 1.54) is 5.56 Å². The second-order valence-corrected chi connectivity index (χ2v) is 6.16. The van der Waals surface area contributed by atoms with Crippen LogP contribution < -0.4 is 19.1 Å². The van der Waals surface area contributed by atoms with Gasteiger partial charge < -0.3 is 19.1 Å². The molecule has 2 atom stereocenters. The standard InChI is InChI=1S/C20H23NO4/c1-21(14-7-10-18(24-3)19(11-14)25-4)20(22)17-12-16(17)13-5-8-15(23-2)9-6-13/h5-11,16-17H,12H2,1-4H3. The molecule has 5 nitrogen and oxygen atoms in total. The third kappa shape index (κ3) is 3.40. The number of rotatable bonds is 6. The molecule has 25 heavy (non-hydrogen) atoms. The van der Waals surface area contributed by atoms with Gasteiger partial charge >= 0.3 is 0 Å². The van der Waals surface area contributed by atoms with Crippen LogP contribution in [-0.2, 0) is 4.79 Å². The Morgan fingerprint density at radius 1 is 0.960 bits per heavy atom. The van der Waals surface area contributed by atoms with Gasteiger partial charge in [-0.3, -0.25) is 4.79 Å². The molecule has 0 bridgehead atoms. The maximum Gasteiger partial charge on any atom is 0.230 e. The van der Waals surface area contributed by atoms with Crippen molar-refractivity contribution in [2.45, 2.75) is 12.3 Å². The lowest BCUT2D eigenvalue weighted by molar-refractivity contribution is -0.119. The molecule has 0 heterocycles. The van der Waals surface area contributed by atoms with Crippen molar-refractivity contribution in [3.8, 4) is 17.2 Å². The minimum Gasteiger partial charge on any atom is -0.497 e. The normalized spacial score (nSPS) is 18.4. The van der Waals surface area contributed by atoms with Crippen LogP contribution in [0.5, 0.6) is 17.2 Å². The van der Waals surface area contributed by atoms with Gasteiger partial charge in [0.15, 0.2) is 11.5 Å². The van der Waals surface area contributed by atoms with Gasteiger partial charge in [0, 0.05) is 24.7 Å². The quantitative estimate of drug-likeness (QED) is 0.807. The Morgan fingerprint density at radius 2 is 1.64 bits per heavy atom. The summed E-state index contributed by atoms with van der Waals surface area (Å²) in [7, 11) is 6.63. The van der Waals surface area contributed by atoms with Crippen molar-refractivity contribution in [1.82, 2.24) is 0 Å². The zero-order valence-electron chi connectivity index (χ0n) is 15.0. The third-order valence-corrected chi connectivity index (χ3v) is 4.74. The Hall–Kier alpha value is -2.69. The number of carbonyl (C=O) groups is 1. The number of anilines is 1. The van der Waals surface area contributed by atoms with Gasteiger partial charge in [-0.1, -0.05) is 12.1 Å². The van der Waals surface area contributed by atoms with Crippen LogP contribution in [0, 0.1) is 5.92 Å². The first-order valence-corrected chi connectivity index (χ1v) is 8.22. The lowest BCUT2D eigenvalue weighted by atomic mass is 10.1. The molecule has 0 radical (unpaired) electrons. The van der Waals surface area contributed by atoms with Crippen LogP contribution in [0.2, 0.25) is 0 Å². The van der Waals surface area contributed by atoms with Gasteiger partial charge in [0.25, 0.3) is 0 Å². The van der Waals surface area contributed by atoms with E-state index in [2.05, 4.69) is 0 Å². The third-order valence-electron chi connectivity index (χ3n) is 4.74. The molecule has 0 aromatic heterocycles. The molecule has 5 heteroatoms. The van der Waals surface area contributed by atoms with E-state index in [9.17, 15) is 4.79 Å². The van der Waals surface area contributed by atoms with Crippen LogP contribution in [0.1, 0.15) is 17.9 Å². The molecule has 1 amide bonds. The zero-order valence-corrected chi connectivity index (χ0v) is 15.0. The van der Waals surface area contributed by atoms with Crippen LogP contribution in [-0.4, -0.2) is 34.3 Å². The molecule has 132 valence electrons. The summed E-state index contributed by atoms with van der Waals surface area (Å²) in [6, 6.07) is 13.4. The Labute approximate surface area is 148 Å². The fraction of sp³-hybridized carbons (Fsp3) is 0.350. The SMILES string of the molecule is COc1ccc(C2CC2C(=O)N(C)c2ccc(OC)c(OC)c2)cc1. The minimum absolute atomic E-state index is 0.0199. The maximum atomic E-state index is 12.8. The topological polar surface area (TPSA) is 48.0 Å². The van der Waals surface area contributed by atoms with E-state index in [1.54, 1.807) is 33.3 Å². The summed E-state index contributed by atoms with van der Waals surface area (Å²) in [5, 5.41) is 0. The lowest BCUT2D eigenvalue weighted by Gasteiger charge is -2.19. The molecule has 0 spiro atoms. The van der Waals surface area contributed by atoms with Gasteiger partial charge in [-0.15, -0.1) is 0 Å². The van der Waals surface area contributed by atoms with Crippen LogP contribution in [0.4, 0.5) is 5.69 Å². The fourth-order valence-electron chi connectivity index (χ4n) is 3.10. The summed E-state index contributed by atoms with van der Waals surface area (Å²) >= 11 is 0. The predicted molar refractivity (Wildman–Crippen MR) is 96.8 cm³/mol. The number of hydrogen-bond acceptors (Lipinski definition) is 4. The van der Waals surface area contributed by atoms with Crippen LogP contribution in [0.3, 0.4) is 0 Å². The van der Waals surface area contributed by atoms with Crippen molar-refractivity contribution in [3.05, 3.63) is 48.0 Å². The van der Waals surface area contributed by atoms with E-state index in [-0.39, 0.29) is 17.7 Å². The highest BCUT2D eigenvalue weighted by molar-refractivity contribution is 5.97. The molecule has 1 aliphatic carbocycles. The molecule has 3 rings (SSSR count). The van der Waals surface area contributed by atoms with Crippen LogP contribution in [0.15, 0.2) is 42.5 Å². The van der Waals surface area contributed by atoms with Crippen molar-refractivity contribution in [2.24, 2.45) is 5.92 Å². The maximum absolute atomic E-state index is 12.8. The number of amides is 1. The van der Waals surface area contributed by atoms with E-state index in [4.69, 9.17) is 14.2 Å². The van der Waals surface area contributed by atoms with Gasteiger partial charge in [-0.05, 0) is 42.2 Å². The Morgan fingerprint density at radius 3 is 2.24 bits per heavy atom. The molecule has 0 N–H and O–H groups in total. The van der Waals surface area contributed by atoms with E-state index >= 15 is 0 Å². The lowest BCUT2D eigenvalue weighted by Crippen LogP contribution is -2.28. The number of hydrogen-bond donors (Lipinski definition) is 0. The van der Waals surface area contributed by atoms with Gasteiger partial charge in [-0.2, -0.15) is 0 Å². The number of methoxy groups -OCH3 is 3. The van der Waals surface area contributed by atoms with Crippen molar-refractivity contribution < 1.29 is 19.0 Å². The number of ether oxygens (including phenoxy) is 3. The smallest absolute Gasteiger partial charge is 0.230 e. The Bertz CT molecular complexity index is 757. The summed E-state index contributed by atoms with van der Waals surface area (Å²) in [6.07, 6.45) is 0.878. The molecule has 2 unspecified atom stereocenters. The molecular formula is C20H23NO4.